The number of imide groups is 1. The third-order valence-electron chi connectivity index (χ3n) is 4.27. The number of aliphatic hydroxyl groups excluding tert-OH is 2. The molecular weight excluding hydrogens is 292 g/mol. The van der Waals surface area contributed by atoms with E-state index in [1.165, 1.54) is 11.8 Å². The minimum atomic E-state index is -1.35. The lowest BCUT2D eigenvalue weighted by Crippen LogP contribution is -2.64. The van der Waals surface area contributed by atoms with E-state index in [-0.39, 0.29) is 31.3 Å². The molecule has 2 fully saturated rings. The number of rotatable bonds is 4. The lowest BCUT2D eigenvalue weighted by molar-refractivity contribution is -0.148. The number of amides is 3. The standard InChI is InChI=1S/C14H22N2O6/c1-7(2)11(19)14(3)6-16(13(21)15-12(14)20)10-4-8(18)9(5-17)22-10/h7-10,17-18H,4-6H2,1-3H3,(H,15,20,21)/t8-,9+,10+,14?/m0/s1. The maximum absolute atomic E-state index is 12.4. The predicted molar refractivity (Wildman–Crippen MR) is 74.6 cm³/mol. The number of ether oxygens (including phenoxy) is 1. The number of nitrogens with one attached hydrogen (secondary N) is 1. The van der Waals surface area contributed by atoms with Gasteiger partial charge in [-0.25, -0.2) is 4.79 Å². The fourth-order valence-corrected chi connectivity index (χ4v) is 2.92. The molecule has 8 nitrogen and oxygen atoms in total. The molecule has 4 atom stereocenters. The molecule has 0 aromatic heterocycles. The van der Waals surface area contributed by atoms with E-state index in [2.05, 4.69) is 5.32 Å². The molecule has 0 saturated carbocycles. The van der Waals surface area contributed by atoms with Crippen LogP contribution in [0.3, 0.4) is 0 Å². The summed E-state index contributed by atoms with van der Waals surface area (Å²) < 4.78 is 5.44. The molecule has 124 valence electrons. The zero-order valence-electron chi connectivity index (χ0n) is 12.9. The fraction of sp³-hybridized carbons (Fsp3) is 0.786. The van der Waals surface area contributed by atoms with E-state index in [1.807, 2.05) is 0 Å². The molecule has 1 unspecified atom stereocenters. The quantitative estimate of drug-likeness (QED) is 0.587. The Labute approximate surface area is 128 Å². The van der Waals surface area contributed by atoms with E-state index in [0.29, 0.717) is 0 Å². The Morgan fingerprint density at radius 3 is 2.64 bits per heavy atom. The van der Waals surface area contributed by atoms with Gasteiger partial charge in [-0.2, -0.15) is 0 Å². The minimum Gasteiger partial charge on any atom is -0.394 e. The smallest absolute Gasteiger partial charge is 0.326 e. The van der Waals surface area contributed by atoms with Crippen LogP contribution in [-0.2, 0) is 14.3 Å². The molecule has 2 heterocycles. The van der Waals surface area contributed by atoms with Crippen LogP contribution in [0.4, 0.5) is 4.79 Å². The normalized spacial score (nSPS) is 35.9. The molecule has 0 aliphatic carbocycles. The van der Waals surface area contributed by atoms with E-state index in [4.69, 9.17) is 9.84 Å². The van der Waals surface area contributed by atoms with E-state index >= 15 is 0 Å². The zero-order chi connectivity index (χ0) is 16.7. The van der Waals surface area contributed by atoms with Gasteiger partial charge in [-0.15, -0.1) is 0 Å². The molecule has 2 saturated heterocycles. The van der Waals surface area contributed by atoms with Crippen molar-refractivity contribution in [1.82, 2.24) is 10.2 Å². The second-order valence-electron chi connectivity index (χ2n) is 6.35. The van der Waals surface area contributed by atoms with E-state index in [1.54, 1.807) is 13.8 Å². The van der Waals surface area contributed by atoms with Crippen molar-refractivity contribution < 1.29 is 29.3 Å². The van der Waals surface area contributed by atoms with Gasteiger partial charge in [0.1, 0.15) is 17.7 Å². The molecule has 3 amide bonds. The molecule has 0 bridgehead atoms. The first-order valence-electron chi connectivity index (χ1n) is 7.31. The van der Waals surface area contributed by atoms with Crippen molar-refractivity contribution >= 4 is 17.7 Å². The van der Waals surface area contributed by atoms with Gasteiger partial charge in [-0.1, -0.05) is 13.8 Å². The minimum absolute atomic E-state index is 0.107. The Bertz CT molecular complexity index is 494. The summed E-state index contributed by atoms with van der Waals surface area (Å²) in [6.07, 6.45) is -2.33. The van der Waals surface area contributed by atoms with Crippen LogP contribution >= 0.6 is 0 Å². The third kappa shape index (κ3) is 2.73. The highest BCUT2D eigenvalue weighted by molar-refractivity contribution is 6.13. The number of hydrogen-bond donors (Lipinski definition) is 3. The largest absolute Gasteiger partial charge is 0.394 e. The molecule has 0 radical (unpaired) electrons. The van der Waals surface area contributed by atoms with Crippen molar-refractivity contribution in [3.8, 4) is 0 Å². The second-order valence-corrected chi connectivity index (χ2v) is 6.35. The highest BCUT2D eigenvalue weighted by atomic mass is 16.5. The maximum Gasteiger partial charge on any atom is 0.326 e. The summed E-state index contributed by atoms with van der Waals surface area (Å²) in [5, 5.41) is 21.1. The number of ketones is 1. The summed E-state index contributed by atoms with van der Waals surface area (Å²) in [6, 6.07) is -0.658. The molecule has 0 aromatic carbocycles. The summed E-state index contributed by atoms with van der Waals surface area (Å²) in [6.45, 7) is 4.41. The van der Waals surface area contributed by atoms with Crippen molar-refractivity contribution in [2.45, 2.75) is 45.6 Å². The van der Waals surface area contributed by atoms with Gasteiger partial charge >= 0.3 is 6.03 Å². The third-order valence-corrected chi connectivity index (χ3v) is 4.27. The van der Waals surface area contributed by atoms with Gasteiger partial charge in [-0.05, 0) is 6.92 Å². The molecule has 2 aliphatic heterocycles. The maximum atomic E-state index is 12.4. The van der Waals surface area contributed by atoms with Gasteiger partial charge in [0.15, 0.2) is 5.78 Å². The Hall–Kier alpha value is -1.51. The lowest BCUT2D eigenvalue weighted by Gasteiger charge is -2.41. The van der Waals surface area contributed by atoms with Gasteiger partial charge < -0.3 is 14.9 Å². The number of Topliss-reactive ketones (excluding diaryl/α,β-unsaturated/α-hetero) is 1. The van der Waals surface area contributed by atoms with Gasteiger partial charge in [0, 0.05) is 18.9 Å². The van der Waals surface area contributed by atoms with Crippen molar-refractivity contribution in [2.24, 2.45) is 11.3 Å². The van der Waals surface area contributed by atoms with Crippen LogP contribution in [-0.4, -0.2) is 64.4 Å². The van der Waals surface area contributed by atoms with Gasteiger partial charge in [-0.3, -0.25) is 19.8 Å². The molecular formula is C14H22N2O6. The lowest BCUT2D eigenvalue weighted by atomic mass is 9.78. The molecule has 0 aromatic rings. The molecule has 3 N–H and O–H groups in total. The highest BCUT2D eigenvalue weighted by Crippen LogP contribution is 2.32. The molecule has 22 heavy (non-hydrogen) atoms. The Morgan fingerprint density at radius 1 is 1.50 bits per heavy atom. The van der Waals surface area contributed by atoms with Gasteiger partial charge in [0.25, 0.3) is 0 Å². The van der Waals surface area contributed by atoms with Crippen molar-refractivity contribution in [3.63, 3.8) is 0 Å². The summed E-state index contributed by atoms with van der Waals surface area (Å²) in [4.78, 5) is 37.7. The van der Waals surface area contributed by atoms with Crippen LogP contribution in [0.15, 0.2) is 0 Å². The number of carbonyl (C=O) groups is 3. The molecule has 2 rings (SSSR count). The number of aliphatic hydroxyl groups is 2. The van der Waals surface area contributed by atoms with Gasteiger partial charge in [0.2, 0.25) is 5.91 Å². The SMILES string of the molecule is CC(C)C(=O)C1(C)CN([C@H]2C[C@H](O)[C@@H](CO)O2)C(=O)NC1=O. The average Bonchev–Trinajstić information content (AvgIpc) is 2.82. The number of urea groups is 1. The number of carbonyl (C=O) groups excluding carboxylic acids is 3. The number of hydrogen-bond acceptors (Lipinski definition) is 6. The van der Waals surface area contributed by atoms with E-state index < -0.39 is 35.8 Å². The number of nitrogens with zero attached hydrogens (tertiary/aromatic N) is 1. The van der Waals surface area contributed by atoms with Crippen molar-refractivity contribution in [2.75, 3.05) is 13.2 Å². The van der Waals surface area contributed by atoms with Crippen molar-refractivity contribution in [3.05, 3.63) is 0 Å². The first-order chi connectivity index (χ1) is 10.2. The Kier molecular flexibility index (Phi) is 4.55. The van der Waals surface area contributed by atoms with E-state index in [9.17, 15) is 19.5 Å². The topological polar surface area (TPSA) is 116 Å². The summed E-state index contributed by atoms with van der Waals surface area (Å²) in [5.74, 6) is -1.24. The molecule has 0 spiro atoms. The van der Waals surface area contributed by atoms with Crippen LogP contribution in [0.25, 0.3) is 0 Å². The summed E-state index contributed by atoms with van der Waals surface area (Å²) in [7, 11) is 0. The van der Waals surface area contributed by atoms with Crippen LogP contribution in [0.2, 0.25) is 0 Å². The van der Waals surface area contributed by atoms with Crippen LogP contribution in [0, 0.1) is 11.3 Å². The molecule has 8 heteroatoms. The predicted octanol–water partition coefficient (Wildman–Crippen LogP) is -0.762. The second kappa shape index (κ2) is 5.94. The van der Waals surface area contributed by atoms with Crippen molar-refractivity contribution in [1.29, 1.82) is 0 Å². The zero-order valence-corrected chi connectivity index (χ0v) is 12.9. The Morgan fingerprint density at radius 2 is 2.14 bits per heavy atom. The van der Waals surface area contributed by atoms with Crippen LogP contribution in [0.1, 0.15) is 27.2 Å². The van der Waals surface area contributed by atoms with Gasteiger partial charge in [0.05, 0.1) is 12.7 Å². The first-order valence-corrected chi connectivity index (χ1v) is 7.31. The fourth-order valence-electron chi connectivity index (χ4n) is 2.92. The van der Waals surface area contributed by atoms with E-state index in [0.717, 1.165) is 0 Å². The van der Waals surface area contributed by atoms with Crippen LogP contribution < -0.4 is 5.32 Å². The monoisotopic (exact) mass is 314 g/mol. The average molecular weight is 314 g/mol. The summed E-state index contributed by atoms with van der Waals surface area (Å²) >= 11 is 0. The Balaban J connectivity index is 2.21. The highest BCUT2D eigenvalue weighted by Gasteiger charge is 2.51. The van der Waals surface area contributed by atoms with Crippen LogP contribution in [0.5, 0.6) is 0 Å². The summed E-state index contributed by atoms with van der Waals surface area (Å²) in [5.41, 5.74) is -1.35. The molecule has 2 aliphatic rings. The first kappa shape index (κ1) is 16.9.